The number of piperazine rings is 1. The van der Waals surface area contributed by atoms with Gasteiger partial charge >= 0.3 is 0 Å². The highest BCUT2D eigenvalue weighted by Gasteiger charge is 2.21. The Balaban J connectivity index is 1.81. The van der Waals surface area contributed by atoms with Crippen LogP contribution >= 0.6 is 11.6 Å². The van der Waals surface area contributed by atoms with Gasteiger partial charge in [-0.1, -0.05) is 11.6 Å². The van der Waals surface area contributed by atoms with Crippen LogP contribution < -0.4 is 4.90 Å². The van der Waals surface area contributed by atoms with Crippen LogP contribution in [0.15, 0.2) is 12.4 Å². The topological polar surface area (TPSA) is 58.6 Å². The number of carbonyl (C=O) groups excluding carboxylic acids is 1. The molecule has 0 N–H and O–H groups in total. The van der Waals surface area contributed by atoms with Crippen LogP contribution in [0, 0.1) is 0 Å². The number of hydrogen-bond donors (Lipinski definition) is 0. The van der Waals surface area contributed by atoms with E-state index >= 15 is 0 Å². The monoisotopic (exact) mass is 298 g/mol. The van der Waals surface area contributed by atoms with E-state index in [2.05, 4.69) is 14.9 Å². The van der Waals surface area contributed by atoms with Crippen LogP contribution in [0.1, 0.15) is 13.3 Å². The molecule has 1 saturated heterocycles. The average Bonchev–Trinajstić information content (AvgIpc) is 2.47. The summed E-state index contributed by atoms with van der Waals surface area (Å²) >= 11 is 5.86. The molecule has 2 rings (SSSR count). The Morgan fingerprint density at radius 3 is 2.75 bits per heavy atom. The third-order valence-corrected chi connectivity index (χ3v) is 3.45. The summed E-state index contributed by atoms with van der Waals surface area (Å²) in [4.78, 5) is 24.0. The van der Waals surface area contributed by atoms with Gasteiger partial charge in [0.05, 0.1) is 13.0 Å². The fourth-order valence-corrected chi connectivity index (χ4v) is 2.29. The Kier molecular flexibility index (Phi) is 5.55. The highest BCUT2D eigenvalue weighted by atomic mass is 35.5. The Morgan fingerprint density at radius 1 is 1.35 bits per heavy atom. The lowest BCUT2D eigenvalue weighted by Gasteiger charge is -2.35. The molecular weight excluding hydrogens is 280 g/mol. The van der Waals surface area contributed by atoms with Gasteiger partial charge in [0.25, 0.3) is 0 Å². The summed E-state index contributed by atoms with van der Waals surface area (Å²) in [7, 11) is 0. The highest BCUT2D eigenvalue weighted by Crippen LogP contribution is 2.16. The van der Waals surface area contributed by atoms with Gasteiger partial charge in [-0.05, 0) is 6.92 Å². The Morgan fingerprint density at radius 2 is 2.10 bits per heavy atom. The molecule has 1 aliphatic heterocycles. The van der Waals surface area contributed by atoms with Crippen molar-refractivity contribution < 1.29 is 9.53 Å². The van der Waals surface area contributed by atoms with Gasteiger partial charge < -0.3 is 14.5 Å². The van der Waals surface area contributed by atoms with Crippen molar-refractivity contribution in [2.45, 2.75) is 13.3 Å². The molecule has 7 heteroatoms. The lowest BCUT2D eigenvalue weighted by Crippen LogP contribution is -2.49. The molecule has 0 bridgehead atoms. The summed E-state index contributed by atoms with van der Waals surface area (Å²) in [5.41, 5.74) is 0. The molecule has 1 aromatic heterocycles. The molecule has 20 heavy (non-hydrogen) atoms. The number of carbonyl (C=O) groups is 1. The normalized spacial score (nSPS) is 15.5. The van der Waals surface area contributed by atoms with Gasteiger partial charge in [-0.15, -0.1) is 0 Å². The SMILES string of the molecule is CCOCCC(=O)N1CCN(c2cc(Cl)ncn2)CC1. The quantitative estimate of drug-likeness (QED) is 0.604. The van der Waals surface area contributed by atoms with Crippen molar-refractivity contribution in [3.05, 3.63) is 17.5 Å². The van der Waals surface area contributed by atoms with E-state index in [4.69, 9.17) is 16.3 Å². The molecule has 0 aromatic carbocycles. The van der Waals surface area contributed by atoms with Crippen LogP contribution in [0.5, 0.6) is 0 Å². The van der Waals surface area contributed by atoms with Crippen LogP contribution in [-0.4, -0.2) is 60.2 Å². The second-order valence-electron chi connectivity index (χ2n) is 4.51. The molecule has 2 heterocycles. The van der Waals surface area contributed by atoms with Crippen molar-refractivity contribution in [3.8, 4) is 0 Å². The number of anilines is 1. The summed E-state index contributed by atoms with van der Waals surface area (Å²) in [6.45, 7) is 5.99. The molecule has 110 valence electrons. The van der Waals surface area contributed by atoms with E-state index < -0.39 is 0 Å². The Labute approximate surface area is 123 Å². The predicted molar refractivity (Wildman–Crippen MR) is 76.9 cm³/mol. The molecule has 0 atom stereocenters. The third kappa shape index (κ3) is 4.05. The number of halogens is 1. The van der Waals surface area contributed by atoms with Crippen molar-refractivity contribution in [1.29, 1.82) is 0 Å². The smallest absolute Gasteiger partial charge is 0.225 e. The first-order chi connectivity index (χ1) is 9.70. The van der Waals surface area contributed by atoms with Gasteiger partial charge in [0.1, 0.15) is 17.3 Å². The van der Waals surface area contributed by atoms with Gasteiger partial charge in [-0.25, -0.2) is 9.97 Å². The number of amides is 1. The zero-order chi connectivity index (χ0) is 14.4. The number of rotatable bonds is 5. The molecule has 1 aromatic rings. The van der Waals surface area contributed by atoms with Crippen molar-refractivity contribution in [2.75, 3.05) is 44.3 Å². The van der Waals surface area contributed by atoms with Gasteiger partial charge in [0.15, 0.2) is 0 Å². The molecule has 1 amide bonds. The van der Waals surface area contributed by atoms with Crippen molar-refractivity contribution in [2.24, 2.45) is 0 Å². The zero-order valence-corrected chi connectivity index (χ0v) is 12.3. The summed E-state index contributed by atoms with van der Waals surface area (Å²) in [6, 6.07) is 1.74. The maximum absolute atomic E-state index is 12.0. The van der Waals surface area contributed by atoms with E-state index in [1.165, 1.54) is 6.33 Å². The second-order valence-corrected chi connectivity index (χ2v) is 4.90. The minimum absolute atomic E-state index is 0.152. The molecule has 0 unspecified atom stereocenters. The lowest BCUT2D eigenvalue weighted by atomic mass is 10.3. The predicted octanol–water partition coefficient (Wildman–Crippen LogP) is 1.21. The second kappa shape index (κ2) is 7.40. The van der Waals surface area contributed by atoms with E-state index in [-0.39, 0.29) is 5.91 Å². The minimum atomic E-state index is 0.152. The standard InChI is InChI=1S/C13H19ClN4O2/c1-2-20-8-3-13(19)18-6-4-17(5-7-18)12-9-11(14)15-10-16-12/h9-10H,2-8H2,1H3. The van der Waals surface area contributed by atoms with Crippen molar-refractivity contribution in [1.82, 2.24) is 14.9 Å². The molecule has 0 aliphatic carbocycles. The van der Waals surface area contributed by atoms with Gasteiger partial charge in [-0.3, -0.25) is 4.79 Å². The lowest BCUT2D eigenvalue weighted by molar-refractivity contribution is -0.132. The third-order valence-electron chi connectivity index (χ3n) is 3.24. The fraction of sp³-hybridized carbons (Fsp3) is 0.615. The van der Waals surface area contributed by atoms with E-state index in [9.17, 15) is 4.79 Å². The van der Waals surface area contributed by atoms with E-state index in [1.54, 1.807) is 6.07 Å². The van der Waals surface area contributed by atoms with Crippen LogP contribution in [0.25, 0.3) is 0 Å². The number of hydrogen-bond acceptors (Lipinski definition) is 5. The largest absolute Gasteiger partial charge is 0.381 e. The van der Waals surface area contributed by atoms with Crippen LogP contribution in [0.2, 0.25) is 5.15 Å². The maximum Gasteiger partial charge on any atom is 0.225 e. The van der Waals surface area contributed by atoms with Crippen LogP contribution in [-0.2, 0) is 9.53 Å². The van der Waals surface area contributed by atoms with Crippen LogP contribution in [0.4, 0.5) is 5.82 Å². The summed E-state index contributed by atoms with van der Waals surface area (Å²) < 4.78 is 5.21. The molecule has 1 fully saturated rings. The highest BCUT2D eigenvalue weighted by molar-refractivity contribution is 6.29. The maximum atomic E-state index is 12.0. The Bertz CT molecular complexity index is 450. The molecule has 6 nitrogen and oxygen atoms in total. The number of nitrogens with zero attached hydrogens (tertiary/aromatic N) is 4. The van der Waals surface area contributed by atoms with Gasteiger partial charge in [0, 0.05) is 38.9 Å². The fourth-order valence-electron chi connectivity index (χ4n) is 2.14. The van der Waals surface area contributed by atoms with E-state index in [0.717, 1.165) is 18.9 Å². The summed E-state index contributed by atoms with van der Waals surface area (Å²) in [5, 5.41) is 0.435. The number of ether oxygens (including phenoxy) is 1. The minimum Gasteiger partial charge on any atom is -0.381 e. The first-order valence-corrected chi connectivity index (χ1v) is 7.16. The van der Waals surface area contributed by atoms with E-state index in [0.29, 0.717) is 37.9 Å². The first-order valence-electron chi connectivity index (χ1n) is 6.78. The van der Waals surface area contributed by atoms with Gasteiger partial charge in [-0.2, -0.15) is 0 Å². The Hall–Kier alpha value is -1.40. The first kappa shape index (κ1) is 15.0. The molecular formula is C13H19ClN4O2. The molecule has 0 spiro atoms. The summed E-state index contributed by atoms with van der Waals surface area (Å²) in [6.07, 6.45) is 1.91. The van der Waals surface area contributed by atoms with Gasteiger partial charge in [0.2, 0.25) is 5.91 Å². The van der Waals surface area contributed by atoms with Crippen LogP contribution in [0.3, 0.4) is 0 Å². The summed E-state index contributed by atoms with van der Waals surface area (Å²) in [5.74, 6) is 0.963. The van der Waals surface area contributed by atoms with Crippen molar-refractivity contribution in [3.63, 3.8) is 0 Å². The van der Waals surface area contributed by atoms with E-state index in [1.807, 2.05) is 11.8 Å². The molecule has 0 radical (unpaired) electrons. The average molecular weight is 299 g/mol. The molecule has 0 saturated carbocycles. The number of aromatic nitrogens is 2. The zero-order valence-electron chi connectivity index (χ0n) is 11.6. The molecule has 1 aliphatic rings. The van der Waals surface area contributed by atoms with Crippen molar-refractivity contribution >= 4 is 23.3 Å².